The number of nitrogens with one attached hydrogen (secondary N) is 1. The van der Waals surface area contributed by atoms with Crippen LogP contribution in [0.5, 0.6) is 11.5 Å². The number of rotatable bonds is 8. The molecule has 1 heterocycles. The fourth-order valence-electron chi connectivity index (χ4n) is 3.68. The van der Waals surface area contributed by atoms with Crippen molar-refractivity contribution in [2.45, 2.75) is 20.5 Å². The van der Waals surface area contributed by atoms with Crippen molar-refractivity contribution >= 4 is 52.2 Å². The molecule has 0 saturated carbocycles. The van der Waals surface area contributed by atoms with E-state index >= 15 is 0 Å². The standard InChI is InChI=1S/C28H24ClFN2O5S/c1-16-8-9-20(10-17(16)2)31-25(33)14-32-27(34)24(38-28(32)35)13-18-11-21(29)26(23(12-18)36-3)37-15-19-6-4-5-7-22(19)30/h4-13H,14-15H2,1-3H3,(H,31,33)/b24-13+. The Bertz CT molecular complexity index is 1460. The van der Waals surface area contributed by atoms with Gasteiger partial charge in [0.15, 0.2) is 11.5 Å². The Morgan fingerprint density at radius 2 is 1.87 bits per heavy atom. The van der Waals surface area contributed by atoms with Gasteiger partial charge in [-0.05, 0) is 78.7 Å². The summed E-state index contributed by atoms with van der Waals surface area (Å²) in [5.74, 6) is -1.00. The van der Waals surface area contributed by atoms with Crippen LogP contribution in [0.15, 0.2) is 59.5 Å². The van der Waals surface area contributed by atoms with Crippen molar-refractivity contribution in [2.24, 2.45) is 0 Å². The number of methoxy groups -OCH3 is 1. The van der Waals surface area contributed by atoms with Gasteiger partial charge in [-0.25, -0.2) is 4.39 Å². The van der Waals surface area contributed by atoms with E-state index in [4.69, 9.17) is 21.1 Å². The summed E-state index contributed by atoms with van der Waals surface area (Å²) >= 11 is 7.14. The van der Waals surface area contributed by atoms with Gasteiger partial charge in [-0.1, -0.05) is 35.9 Å². The zero-order valence-corrected chi connectivity index (χ0v) is 22.4. The van der Waals surface area contributed by atoms with Gasteiger partial charge in [0.2, 0.25) is 5.91 Å². The third-order valence-corrected chi connectivity index (χ3v) is 7.03. The van der Waals surface area contributed by atoms with Crippen LogP contribution >= 0.6 is 23.4 Å². The molecular formula is C28H24ClFN2O5S. The Kier molecular flexibility index (Phi) is 8.38. The van der Waals surface area contributed by atoms with Crippen LogP contribution in [0.1, 0.15) is 22.3 Å². The largest absolute Gasteiger partial charge is 0.493 e. The van der Waals surface area contributed by atoms with E-state index in [2.05, 4.69) is 5.32 Å². The Morgan fingerprint density at radius 1 is 1.11 bits per heavy atom. The Hall–Kier alpha value is -3.82. The van der Waals surface area contributed by atoms with E-state index in [1.54, 1.807) is 36.4 Å². The molecule has 0 radical (unpaired) electrons. The lowest BCUT2D eigenvalue weighted by Crippen LogP contribution is -2.36. The molecule has 1 N–H and O–H groups in total. The molecule has 0 aromatic heterocycles. The number of hydrogen-bond acceptors (Lipinski definition) is 6. The molecule has 0 spiro atoms. The van der Waals surface area contributed by atoms with Crippen LogP contribution in [-0.2, 0) is 16.2 Å². The number of thioether (sulfide) groups is 1. The second-order valence-corrected chi connectivity index (χ2v) is 9.93. The average molecular weight is 555 g/mol. The van der Waals surface area contributed by atoms with E-state index < -0.39 is 29.4 Å². The number of imide groups is 1. The number of carbonyl (C=O) groups excluding carboxylic acids is 3. The summed E-state index contributed by atoms with van der Waals surface area (Å²) < 4.78 is 25.0. The van der Waals surface area contributed by atoms with Gasteiger partial charge in [-0.2, -0.15) is 0 Å². The van der Waals surface area contributed by atoms with Crippen molar-refractivity contribution in [2.75, 3.05) is 19.0 Å². The second kappa shape index (κ2) is 11.7. The minimum Gasteiger partial charge on any atom is -0.493 e. The molecular weight excluding hydrogens is 531 g/mol. The van der Waals surface area contributed by atoms with Gasteiger partial charge in [-0.3, -0.25) is 19.3 Å². The average Bonchev–Trinajstić information content (AvgIpc) is 3.13. The van der Waals surface area contributed by atoms with Crippen molar-refractivity contribution in [3.63, 3.8) is 0 Å². The molecule has 1 aliphatic rings. The van der Waals surface area contributed by atoms with E-state index in [1.165, 1.54) is 19.3 Å². The van der Waals surface area contributed by atoms with Crippen LogP contribution in [0.25, 0.3) is 6.08 Å². The van der Waals surface area contributed by atoms with Crippen molar-refractivity contribution in [1.82, 2.24) is 4.90 Å². The van der Waals surface area contributed by atoms with Gasteiger partial charge in [0.05, 0.1) is 17.0 Å². The molecule has 10 heteroatoms. The summed E-state index contributed by atoms with van der Waals surface area (Å²) in [6.45, 7) is 3.41. The fourth-order valence-corrected chi connectivity index (χ4v) is 4.79. The van der Waals surface area contributed by atoms with Gasteiger partial charge in [-0.15, -0.1) is 0 Å². The molecule has 0 aliphatic carbocycles. The van der Waals surface area contributed by atoms with E-state index in [0.717, 1.165) is 27.8 Å². The number of halogens is 2. The van der Waals surface area contributed by atoms with E-state index in [-0.39, 0.29) is 28.0 Å². The highest BCUT2D eigenvalue weighted by atomic mass is 35.5. The highest BCUT2D eigenvalue weighted by Gasteiger charge is 2.36. The molecule has 7 nitrogen and oxygen atoms in total. The summed E-state index contributed by atoms with van der Waals surface area (Å²) in [5, 5.41) is 2.34. The maximum Gasteiger partial charge on any atom is 0.294 e. The predicted octanol–water partition coefficient (Wildman–Crippen LogP) is 6.36. The van der Waals surface area contributed by atoms with Crippen LogP contribution in [0.4, 0.5) is 14.9 Å². The van der Waals surface area contributed by atoms with Crippen LogP contribution in [0.2, 0.25) is 5.02 Å². The number of amides is 3. The number of aryl methyl sites for hydroxylation is 2. The highest BCUT2D eigenvalue weighted by Crippen LogP contribution is 2.39. The molecule has 196 valence electrons. The number of carbonyl (C=O) groups is 3. The molecule has 0 bridgehead atoms. The van der Waals surface area contributed by atoms with Crippen molar-refractivity contribution in [3.05, 3.63) is 92.6 Å². The molecule has 3 amide bonds. The first-order valence-electron chi connectivity index (χ1n) is 11.5. The number of hydrogen-bond donors (Lipinski definition) is 1. The molecule has 3 aromatic carbocycles. The summed E-state index contributed by atoms with van der Waals surface area (Å²) in [6, 6.07) is 14.8. The van der Waals surface area contributed by atoms with Crippen LogP contribution in [-0.4, -0.2) is 35.6 Å². The minimum atomic E-state index is -0.592. The third-order valence-electron chi connectivity index (χ3n) is 5.85. The monoisotopic (exact) mass is 554 g/mol. The van der Waals surface area contributed by atoms with Gasteiger partial charge in [0, 0.05) is 11.3 Å². The number of ether oxygens (including phenoxy) is 2. The van der Waals surface area contributed by atoms with E-state index in [9.17, 15) is 18.8 Å². The molecule has 0 atom stereocenters. The Morgan fingerprint density at radius 3 is 2.58 bits per heavy atom. The topological polar surface area (TPSA) is 84.9 Å². The van der Waals surface area contributed by atoms with Crippen LogP contribution in [0.3, 0.4) is 0 Å². The molecule has 1 fully saturated rings. The lowest BCUT2D eigenvalue weighted by molar-refractivity contribution is -0.127. The predicted molar refractivity (Wildman–Crippen MR) is 146 cm³/mol. The number of nitrogens with zero attached hydrogens (tertiary/aromatic N) is 1. The number of benzene rings is 3. The molecule has 1 saturated heterocycles. The lowest BCUT2D eigenvalue weighted by Gasteiger charge is -2.14. The fraction of sp³-hybridized carbons (Fsp3) is 0.179. The molecule has 38 heavy (non-hydrogen) atoms. The van der Waals surface area contributed by atoms with Crippen molar-refractivity contribution in [1.29, 1.82) is 0 Å². The third kappa shape index (κ3) is 6.17. The summed E-state index contributed by atoms with van der Waals surface area (Å²) in [6.07, 6.45) is 1.49. The molecule has 1 aliphatic heterocycles. The van der Waals surface area contributed by atoms with Crippen LogP contribution < -0.4 is 14.8 Å². The first kappa shape index (κ1) is 27.2. The Labute approximate surface area is 228 Å². The van der Waals surface area contributed by atoms with E-state index in [1.807, 2.05) is 26.0 Å². The minimum absolute atomic E-state index is 0.0643. The first-order chi connectivity index (χ1) is 18.2. The quantitative estimate of drug-likeness (QED) is 0.326. The first-order valence-corrected chi connectivity index (χ1v) is 12.7. The highest BCUT2D eigenvalue weighted by molar-refractivity contribution is 8.18. The van der Waals surface area contributed by atoms with Gasteiger partial charge >= 0.3 is 0 Å². The van der Waals surface area contributed by atoms with Gasteiger partial charge in [0.25, 0.3) is 11.1 Å². The van der Waals surface area contributed by atoms with Crippen molar-refractivity contribution in [3.8, 4) is 11.5 Å². The molecule has 0 unspecified atom stereocenters. The zero-order valence-electron chi connectivity index (χ0n) is 20.8. The van der Waals surface area contributed by atoms with Gasteiger partial charge in [0.1, 0.15) is 19.0 Å². The zero-order chi connectivity index (χ0) is 27.4. The van der Waals surface area contributed by atoms with E-state index in [0.29, 0.717) is 16.8 Å². The maximum absolute atomic E-state index is 13.9. The second-order valence-electron chi connectivity index (χ2n) is 8.53. The van der Waals surface area contributed by atoms with Gasteiger partial charge < -0.3 is 14.8 Å². The SMILES string of the molecule is COc1cc(/C=C2/SC(=O)N(CC(=O)Nc3ccc(C)c(C)c3)C2=O)cc(Cl)c1OCc1ccccc1F. The van der Waals surface area contributed by atoms with Crippen molar-refractivity contribution < 1.29 is 28.2 Å². The smallest absolute Gasteiger partial charge is 0.294 e. The van der Waals surface area contributed by atoms with Crippen LogP contribution in [0, 0.1) is 19.7 Å². The normalized spacial score (nSPS) is 14.2. The lowest BCUT2D eigenvalue weighted by atomic mass is 10.1. The Balaban J connectivity index is 1.47. The summed E-state index contributed by atoms with van der Waals surface area (Å²) in [5.41, 5.74) is 3.51. The maximum atomic E-state index is 13.9. The molecule has 4 rings (SSSR count). The summed E-state index contributed by atoms with van der Waals surface area (Å²) in [7, 11) is 1.42. The molecule has 3 aromatic rings. The summed E-state index contributed by atoms with van der Waals surface area (Å²) in [4.78, 5) is 39.0. The number of anilines is 1.